The van der Waals surface area contributed by atoms with Gasteiger partial charge in [-0.25, -0.2) is 5.43 Å². The first-order valence-electron chi connectivity index (χ1n) is 7.72. The van der Waals surface area contributed by atoms with Crippen LogP contribution < -0.4 is 5.43 Å². The van der Waals surface area contributed by atoms with Gasteiger partial charge in [-0.05, 0) is 25.1 Å². The van der Waals surface area contributed by atoms with Crippen LogP contribution in [-0.4, -0.2) is 27.3 Å². The maximum atomic E-state index is 12.2. The molecule has 0 fully saturated rings. The largest absolute Gasteiger partial charge is 0.463 e. The summed E-state index contributed by atoms with van der Waals surface area (Å²) in [6.45, 7) is 1.96. The third-order valence-corrected chi connectivity index (χ3v) is 3.90. The van der Waals surface area contributed by atoms with E-state index in [9.17, 15) is 4.79 Å². The van der Waals surface area contributed by atoms with E-state index >= 15 is 0 Å². The molecule has 3 aromatic heterocycles. The van der Waals surface area contributed by atoms with Crippen molar-refractivity contribution < 1.29 is 9.21 Å². The number of aromatic amines is 2. The molecule has 0 spiro atoms. The highest BCUT2D eigenvalue weighted by molar-refractivity contribution is 6.01. The lowest BCUT2D eigenvalue weighted by atomic mass is 10.1. The zero-order valence-corrected chi connectivity index (χ0v) is 13.4. The minimum Gasteiger partial charge on any atom is -0.463 e. The smallest absolute Gasteiger partial charge is 0.291 e. The van der Waals surface area contributed by atoms with E-state index < -0.39 is 5.91 Å². The number of furan rings is 1. The summed E-state index contributed by atoms with van der Waals surface area (Å²) >= 11 is 0. The number of carbonyl (C=O) groups is 1. The number of benzene rings is 1. The molecule has 124 valence electrons. The number of hydrazone groups is 1. The van der Waals surface area contributed by atoms with Crippen molar-refractivity contribution in [2.45, 2.75) is 6.92 Å². The predicted molar refractivity (Wildman–Crippen MR) is 94.4 cm³/mol. The Kier molecular flexibility index (Phi) is 3.66. The highest BCUT2D eigenvalue weighted by atomic mass is 16.3. The van der Waals surface area contributed by atoms with E-state index in [4.69, 9.17) is 4.42 Å². The SMILES string of the molecule is Cc1[nH]c2ccccc2c1C=NNC(=O)c1cc(-c2ccco2)[nH]n1. The molecule has 25 heavy (non-hydrogen) atoms. The number of aryl methyl sites for hydroxylation is 1. The molecule has 7 nitrogen and oxygen atoms in total. The number of carbonyl (C=O) groups excluding carboxylic acids is 1. The molecular weight excluding hydrogens is 318 g/mol. The molecule has 7 heteroatoms. The maximum Gasteiger partial charge on any atom is 0.291 e. The lowest BCUT2D eigenvalue weighted by molar-refractivity contribution is 0.0950. The maximum absolute atomic E-state index is 12.2. The Hall–Kier alpha value is -3.61. The number of hydrogen-bond donors (Lipinski definition) is 3. The van der Waals surface area contributed by atoms with Crippen LogP contribution in [0.1, 0.15) is 21.7 Å². The number of para-hydroxylation sites is 1. The number of nitrogens with zero attached hydrogens (tertiary/aromatic N) is 2. The Morgan fingerprint density at radius 1 is 1.28 bits per heavy atom. The molecule has 0 radical (unpaired) electrons. The fourth-order valence-corrected chi connectivity index (χ4v) is 2.67. The molecule has 0 bridgehead atoms. The number of amides is 1. The summed E-state index contributed by atoms with van der Waals surface area (Å²) in [7, 11) is 0. The average molecular weight is 333 g/mol. The van der Waals surface area contributed by atoms with Crippen molar-refractivity contribution in [1.82, 2.24) is 20.6 Å². The quantitative estimate of drug-likeness (QED) is 0.395. The highest BCUT2D eigenvalue weighted by Gasteiger charge is 2.12. The Balaban J connectivity index is 1.50. The van der Waals surface area contributed by atoms with Crippen LogP contribution in [0.2, 0.25) is 0 Å². The second kappa shape index (κ2) is 6.12. The van der Waals surface area contributed by atoms with Gasteiger partial charge in [-0.3, -0.25) is 9.89 Å². The van der Waals surface area contributed by atoms with Gasteiger partial charge in [0.05, 0.1) is 12.5 Å². The van der Waals surface area contributed by atoms with E-state index in [0.717, 1.165) is 22.2 Å². The molecule has 4 rings (SSSR count). The molecule has 1 aromatic carbocycles. The molecule has 0 aliphatic heterocycles. The molecular formula is C18H15N5O2. The number of fused-ring (bicyclic) bond motifs is 1. The van der Waals surface area contributed by atoms with E-state index in [1.807, 2.05) is 31.2 Å². The zero-order valence-electron chi connectivity index (χ0n) is 13.4. The van der Waals surface area contributed by atoms with E-state index in [1.54, 1.807) is 30.7 Å². The van der Waals surface area contributed by atoms with Crippen LogP contribution in [0.15, 0.2) is 58.2 Å². The Morgan fingerprint density at radius 3 is 3.00 bits per heavy atom. The van der Waals surface area contributed by atoms with Crippen LogP contribution >= 0.6 is 0 Å². The third kappa shape index (κ3) is 2.83. The summed E-state index contributed by atoms with van der Waals surface area (Å²) in [5, 5.41) is 11.8. The van der Waals surface area contributed by atoms with E-state index in [1.165, 1.54) is 0 Å². The first-order chi connectivity index (χ1) is 12.2. The topological polar surface area (TPSA) is 99.1 Å². The summed E-state index contributed by atoms with van der Waals surface area (Å²) in [5.74, 6) is 0.215. The number of aromatic nitrogens is 3. The monoisotopic (exact) mass is 333 g/mol. The van der Waals surface area contributed by atoms with Gasteiger partial charge in [-0.2, -0.15) is 10.2 Å². The first kappa shape index (κ1) is 14.9. The molecule has 0 unspecified atom stereocenters. The van der Waals surface area contributed by atoms with Crippen molar-refractivity contribution in [1.29, 1.82) is 0 Å². The average Bonchev–Trinajstić information content (AvgIpc) is 3.34. The van der Waals surface area contributed by atoms with Crippen molar-refractivity contribution >= 4 is 23.0 Å². The molecule has 0 atom stereocenters. The zero-order chi connectivity index (χ0) is 17.2. The standard InChI is InChI=1S/C18H15N5O2/c1-11-13(12-5-2-3-6-14(12)20-11)10-19-23-18(24)16-9-15(21-22-16)17-7-4-8-25-17/h2-10,20H,1H3,(H,21,22)(H,23,24). The van der Waals surface area contributed by atoms with Gasteiger partial charge in [0.2, 0.25) is 0 Å². The van der Waals surface area contributed by atoms with Gasteiger partial charge >= 0.3 is 0 Å². The first-order valence-corrected chi connectivity index (χ1v) is 7.72. The van der Waals surface area contributed by atoms with Gasteiger partial charge in [0.25, 0.3) is 5.91 Å². The van der Waals surface area contributed by atoms with Gasteiger partial charge < -0.3 is 9.40 Å². The molecule has 0 aliphatic carbocycles. The van der Waals surface area contributed by atoms with E-state index in [2.05, 4.69) is 25.7 Å². The number of nitrogens with one attached hydrogen (secondary N) is 3. The van der Waals surface area contributed by atoms with Crippen LogP contribution in [-0.2, 0) is 0 Å². The normalized spacial score (nSPS) is 11.4. The van der Waals surface area contributed by atoms with Gasteiger partial charge in [0, 0.05) is 28.2 Å². The van der Waals surface area contributed by atoms with Gasteiger partial charge in [0.1, 0.15) is 5.69 Å². The third-order valence-electron chi connectivity index (χ3n) is 3.90. The molecule has 3 heterocycles. The fraction of sp³-hybridized carbons (Fsp3) is 0.0556. The van der Waals surface area contributed by atoms with Crippen molar-refractivity contribution in [3.63, 3.8) is 0 Å². The van der Waals surface area contributed by atoms with Gasteiger partial charge in [0.15, 0.2) is 11.5 Å². The summed E-state index contributed by atoms with van der Waals surface area (Å²) in [5.41, 5.74) is 6.31. The van der Waals surface area contributed by atoms with Crippen molar-refractivity contribution in [3.05, 3.63) is 65.7 Å². The van der Waals surface area contributed by atoms with E-state index in [-0.39, 0.29) is 5.69 Å². The van der Waals surface area contributed by atoms with E-state index in [0.29, 0.717) is 11.5 Å². The van der Waals surface area contributed by atoms with Crippen molar-refractivity contribution in [2.24, 2.45) is 5.10 Å². The number of hydrogen-bond acceptors (Lipinski definition) is 4. The lowest BCUT2D eigenvalue weighted by Gasteiger charge is -1.96. The second-order valence-electron chi connectivity index (χ2n) is 5.55. The van der Waals surface area contributed by atoms with Crippen molar-refractivity contribution in [3.8, 4) is 11.5 Å². The number of rotatable bonds is 4. The summed E-state index contributed by atoms with van der Waals surface area (Å²) < 4.78 is 5.26. The Bertz CT molecular complexity index is 1060. The lowest BCUT2D eigenvalue weighted by Crippen LogP contribution is -2.18. The minimum absolute atomic E-state index is 0.235. The minimum atomic E-state index is -0.400. The predicted octanol–water partition coefficient (Wildman–Crippen LogP) is 3.22. The number of H-pyrrole nitrogens is 2. The van der Waals surface area contributed by atoms with Crippen LogP contribution in [0, 0.1) is 6.92 Å². The molecule has 0 aliphatic rings. The van der Waals surface area contributed by atoms with Gasteiger partial charge in [-0.15, -0.1) is 0 Å². The summed E-state index contributed by atoms with van der Waals surface area (Å²) in [6.07, 6.45) is 3.19. The molecule has 0 saturated carbocycles. The van der Waals surface area contributed by atoms with Crippen LogP contribution in [0.25, 0.3) is 22.4 Å². The molecule has 0 saturated heterocycles. The fourth-order valence-electron chi connectivity index (χ4n) is 2.67. The van der Waals surface area contributed by atoms with Crippen LogP contribution in [0.3, 0.4) is 0 Å². The summed E-state index contributed by atoms with van der Waals surface area (Å²) in [4.78, 5) is 15.4. The molecule has 3 N–H and O–H groups in total. The Labute approximate surface area is 142 Å². The molecule has 4 aromatic rings. The Morgan fingerprint density at radius 2 is 2.16 bits per heavy atom. The second-order valence-corrected chi connectivity index (χ2v) is 5.55. The van der Waals surface area contributed by atoms with Crippen LogP contribution in [0.4, 0.5) is 0 Å². The van der Waals surface area contributed by atoms with Gasteiger partial charge in [-0.1, -0.05) is 18.2 Å². The molecule has 1 amide bonds. The summed E-state index contributed by atoms with van der Waals surface area (Å²) in [6, 6.07) is 13.1. The van der Waals surface area contributed by atoms with Crippen molar-refractivity contribution in [2.75, 3.05) is 0 Å². The van der Waals surface area contributed by atoms with Crippen LogP contribution in [0.5, 0.6) is 0 Å². The highest BCUT2D eigenvalue weighted by Crippen LogP contribution is 2.20.